The number of halogens is 2. The first-order valence-corrected chi connectivity index (χ1v) is 7.83. The molecule has 3 rings (SSSR count). The Morgan fingerprint density at radius 1 is 1.18 bits per heavy atom. The van der Waals surface area contributed by atoms with Crippen LogP contribution in [0.4, 0.5) is 10.1 Å². The highest BCUT2D eigenvalue weighted by Crippen LogP contribution is 2.20. The molecule has 0 aliphatic carbocycles. The Bertz CT molecular complexity index is 677. The molecule has 2 aromatic rings. The summed E-state index contributed by atoms with van der Waals surface area (Å²) in [6.45, 7) is 2.70. The largest absolute Gasteiger partial charge is 0.368 e. The Morgan fingerprint density at radius 3 is 2.36 bits per heavy atom. The van der Waals surface area contributed by atoms with Gasteiger partial charge in [-0.1, -0.05) is 0 Å². The van der Waals surface area contributed by atoms with Gasteiger partial charge in [-0.2, -0.15) is 5.10 Å². The minimum Gasteiger partial charge on any atom is -0.368 e. The topological polar surface area (TPSA) is 41.4 Å². The van der Waals surface area contributed by atoms with E-state index in [1.54, 1.807) is 35.0 Å². The van der Waals surface area contributed by atoms with E-state index in [9.17, 15) is 9.18 Å². The second kappa shape index (κ2) is 6.08. The zero-order valence-corrected chi connectivity index (χ0v) is 13.8. The number of benzene rings is 1. The van der Waals surface area contributed by atoms with Gasteiger partial charge < -0.3 is 9.80 Å². The van der Waals surface area contributed by atoms with Gasteiger partial charge in [0.25, 0.3) is 5.91 Å². The summed E-state index contributed by atoms with van der Waals surface area (Å²) >= 11 is 3.36. The number of rotatable bonds is 2. The molecule has 1 aliphatic rings. The van der Waals surface area contributed by atoms with Gasteiger partial charge in [0.2, 0.25) is 0 Å². The van der Waals surface area contributed by atoms with Crippen molar-refractivity contribution < 1.29 is 9.18 Å². The molecule has 22 heavy (non-hydrogen) atoms. The number of aromatic nitrogens is 2. The summed E-state index contributed by atoms with van der Waals surface area (Å²) in [5.74, 6) is -0.302. The van der Waals surface area contributed by atoms with Crippen molar-refractivity contribution in [3.63, 3.8) is 0 Å². The van der Waals surface area contributed by atoms with Crippen molar-refractivity contribution in [2.24, 2.45) is 7.05 Å². The first-order valence-electron chi connectivity index (χ1n) is 7.03. The SMILES string of the molecule is Cn1cc(Br)c(C(=O)N2CCN(c3ccc(F)cc3)CC2)n1. The highest BCUT2D eigenvalue weighted by Gasteiger charge is 2.25. The fourth-order valence-electron chi connectivity index (χ4n) is 2.57. The molecule has 116 valence electrons. The van der Waals surface area contributed by atoms with Crippen molar-refractivity contribution in [1.82, 2.24) is 14.7 Å². The van der Waals surface area contributed by atoms with Crippen molar-refractivity contribution in [2.45, 2.75) is 0 Å². The van der Waals surface area contributed by atoms with Crippen LogP contribution in [-0.4, -0.2) is 46.8 Å². The van der Waals surface area contributed by atoms with E-state index in [2.05, 4.69) is 25.9 Å². The van der Waals surface area contributed by atoms with E-state index in [1.807, 2.05) is 0 Å². The standard InChI is InChI=1S/C15H16BrFN4O/c1-19-10-13(16)14(18-19)15(22)21-8-6-20(7-9-21)12-4-2-11(17)3-5-12/h2-5,10H,6-9H2,1H3. The van der Waals surface area contributed by atoms with Gasteiger partial charge in [-0.3, -0.25) is 9.48 Å². The van der Waals surface area contributed by atoms with Crippen LogP contribution in [0.1, 0.15) is 10.5 Å². The number of nitrogens with zero attached hydrogens (tertiary/aromatic N) is 4. The highest BCUT2D eigenvalue weighted by atomic mass is 79.9. The van der Waals surface area contributed by atoms with Crippen LogP contribution in [0, 0.1) is 5.82 Å². The third-order valence-corrected chi connectivity index (χ3v) is 4.33. The molecule has 0 bridgehead atoms. The molecule has 2 heterocycles. The summed E-state index contributed by atoms with van der Waals surface area (Å²) in [6, 6.07) is 6.44. The fraction of sp³-hybridized carbons (Fsp3) is 0.333. The zero-order chi connectivity index (χ0) is 15.7. The van der Waals surface area contributed by atoms with Crippen molar-refractivity contribution in [3.05, 3.63) is 46.4 Å². The van der Waals surface area contributed by atoms with Crippen LogP contribution in [0.25, 0.3) is 0 Å². The second-order valence-corrected chi connectivity index (χ2v) is 6.11. The number of hydrogen-bond donors (Lipinski definition) is 0. The maximum Gasteiger partial charge on any atom is 0.275 e. The zero-order valence-electron chi connectivity index (χ0n) is 12.2. The molecule has 1 saturated heterocycles. The number of hydrogen-bond acceptors (Lipinski definition) is 3. The monoisotopic (exact) mass is 366 g/mol. The van der Waals surface area contributed by atoms with E-state index < -0.39 is 0 Å². The molecule has 0 unspecified atom stereocenters. The Morgan fingerprint density at radius 2 is 1.82 bits per heavy atom. The quantitative estimate of drug-likeness (QED) is 0.818. The summed E-state index contributed by atoms with van der Waals surface area (Å²) in [5.41, 5.74) is 1.42. The minimum absolute atomic E-state index is 0.0637. The lowest BCUT2D eigenvalue weighted by Gasteiger charge is -2.35. The molecule has 1 amide bonds. The van der Waals surface area contributed by atoms with Gasteiger partial charge in [0.15, 0.2) is 5.69 Å². The Labute approximate surface area is 136 Å². The van der Waals surface area contributed by atoms with Gasteiger partial charge >= 0.3 is 0 Å². The lowest BCUT2D eigenvalue weighted by Crippen LogP contribution is -2.49. The molecule has 1 aromatic heterocycles. The van der Waals surface area contributed by atoms with E-state index >= 15 is 0 Å². The number of piperazine rings is 1. The molecule has 1 fully saturated rings. The smallest absolute Gasteiger partial charge is 0.275 e. The van der Waals surface area contributed by atoms with E-state index in [-0.39, 0.29) is 11.7 Å². The Kier molecular flexibility index (Phi) is 4.15. The minimum atomic E-state index is -0.238. The maximum atomic E-state index is 13.0. The third-order valence-electron chi connectivity index (χ3n) is 3.75. The first-order chi connectivity index (χ1) is 10.5. The summed E-state index contributed by atoms with van der Waals surface area (Å²) in [5, 5.41) is 4.20. The average molecular weight is 367 g/mol. The normalized spacial score (nSPS) is 15.2. The van der Waals surface area contributed by atoms with Gasteiger partial charge in [-0.25, -0.2) is 4.39 Å². The molecule has 1 aromatic carbocycles. The molecule has 0 atom stereocenters. The van der Waals surface area contributed by atoms with E-state index in [0.717, 1.165) is 18.8 Å². The molecular weight excluding hydrogens is 351 g/mol. The third kappa shape index (κ3) is 2.99. The van der Waals surface area contributed by atoms with Crippen molar-refractivity contribution in [3.8, 4) is 0 Å². The predicted molar refractivity (Wildman–Crippen MR) is 85.4 cm³/mol. The van der Waals surface area contributed by atoms with Crippen molar-refractivity contribution in [2.75, 3.05) is 31.1 Å². The number of anilines is 1. The van der Waals surface area contributed by atoms with Crippen LogP contribution in [0.3, 0.4) is 0 Å². The van der Waals surface area contributed by atoms with Gasteiger partial charge in [-0.15, -0.1) is 0 Å². The summed E-state index contributed by atoms with van der Waals surface area (Å²) in [6.07, 6.45) is 1.77. The van der Waals surface area contributed by atoms with Crippen LogP contribution in [0.15, 0.2) is 34.9 Å². The lowest BCUT2D eigenvalue weighted by atomic mass is 10.2. The maximum absolute atomic E-state index is 13.0. The van der Waals surface area contributed by atoms with Crippen molar-refractivity contribution in [1.29, 1.82) is 0 Å². The van der Waals surface area contributed by atoms with E-state index in [0.29, 0.717) is 23.3 Å². The van der Waals surface area contributed by atoms with Gasteiger partial charge in [0.1, 0.15) is 5.82 Å². The van der Waals surface area contributed by atoms with Crippen molar-refractivity contribution >= 4 is 27.5 Å². The Balaban J connectivity index is 1.65. The lowest BCUT2D eigenvalue weighted by molar-refractivity contribution is 0.0739. The van der Waals surface area contributed by atoms with E-state index in [1.165, 1.54) is 12.1 Å². The summed E-state index contributed by atoms with van der Waals surface area (Å²) in [4.78, 5) is 16.4. The van der Waals surface area contributed by atoms with Crippen LogP contribution >= 0.6 is 15.9 Å². The Hall–Kier alpha value is -1.89. The highest BCUT2D eigenvalue weighted by molar-refractivity contribution is 9.10. The molecule has 0 saturated carbocycles. The van der Waals surface area contributed by atoms with Crippen LogP contribution in [0.2, 0.25) is 0 Å². The molecule has 0 spiro atoms. The van der Waals surface area contributed by atoms with Gasteiger partial charge in [0, 0.05) is 45.1 Å². The molecule has 1 aliphatic heterocycles. The second-order valence-electron chi connectivity index (χ2n) is 5.25. The predicted octanol–water partition coefficient (Wildman–Crippen LogP) is 2.28. The fourth-order valence-corrected chi connectivity index (χ4v) is 3.12. The average Bonchev–Trinajstić information content (AvgIpc) is 2.86. The molecular formula is C15H16BrFN4O. The first kappa shape index (κ1) is 15.0. The van der Waals surface area contributed by atoms with Crippen LogP contribution in [0.5, 0.6) is 0 Å². The molecule has 7 heteroatoms. The number of aryl methyl sites for hydroxylation is 1. The number of carbonyl (C=O) groups excluding carboxylic acids is 1. The van der Waals surface area contributed by atoms with Gasteiger partial charge in [-0.05, 0) is 40.2 Å². The van der Waals surface area contributed by atoms with Gasteiger partial charge in [0.05, 0.1) is 4.47 Å². The number of carbonyl (C=O) groups is 1. The molecule has 0 radical (unpaired) electrons. The summed E-state index contributed by atoms with van der Waals surface area (Å²) < 4.78 is 15.3. The van der Waals surface area contributed by atoms with Crippen LogP contribution < -0.4 is 4.90 Å². The number of amides is 1. The van der Waals surface area contributed by atoms with E-state index in [4.69, 9.17) is 0 Å². The molecule has 0 N–H and O–H groups in total. The van der Waals surface area contributed by atoms with Crippen LogP contribution in [-0.2, 0) is 7.05 Å². The summed E-state index contributed by atoms with van der Waals surface area (Å²) in [7, 11) is 1.79. The molecule has 5 nitrogen and oxygen atoms in total.